The number of hydrogen-bond donors (Lipinski definition) is 0. The molecule has 0 spiro atoms. The topological polar surface area (TPSA) is 69.4 Å². The maximum absolute atomic E-state index is 12.1. The van der Waals surface area contributed by atoms with E-state index in [1.54, 1.807) is 19.9 Å². The zero-order valence-corrected chi connectivity index (χ0v) is 13.2. The highest BCUT2D eigenvalue weighted by molar-refractivity contribution is 6.37. The molecule has 5 nitrogen and oxygen atoms in total. The summed E-state index contributed by atoms with van der Waals surface area (Å²) in [5, 5.41) is 11.4. The summed E-state index contributed by atoms with van der Waals surface area (Å²) < 4.78 is 5.25. The zero-order chi connectivity index (χ0) is 16.4. The maximum atomic E-state index is 12.1. The number of nitrogens with zero attached hydrogens (tertiary/aromatic N) is 1. The summed E-state index contributed by atoms with van der Waals surface area (Å²) in [6.07, 6.45) is 0. The second-order valence-electron chi connectivity index (χ2n) is 4.64. The largest absolute Gasteiger partial charge is 0.421 e. The van der Waals surface area contributed by atoms with E-state index in [0.717, 1.165) is 5.56 Å². The van der Waals surface area contributed by atoms with E-state index in [9.17, 15) is 14.9 Å². The minimum absolute atomic E-state index is 0.104. The van der Waals surface area contributed by atoms with Crippen molar-refractivity contribution in [3.63, 3.8) is 0 Å². The monoisotopic (exact) mass is 339 g/mol. The summed E-state index contributed by atoms with van der Waals surface area (Å²) in [5.74, 6) is -0.456. The molecule has 0 atom stereocenters. The van der Waals surface area contributed by atoms with Crippen LogP contribution in [0.1, 0.15) is 21.5 Å². The number of benzene rings is 2. The molecule has 0 aliphatic heterocycles. The summed E-state index contributed by atoms with van der Waals surface area (Å²) in [7, 11) is 0. The Morgan fingerprint density at radius 3 is 2.27 bits per heavy atom. The quantitative estimate of drug-likeness (QED) is 0.350. The Morgan fingerprint density at radius 1 is 1.14 bits per heavy atom. The van der Waals surface area contributed by atoms with Gasteiger partial charge in [-0.3, -0.25) is 10.1 Å². The lowest BCUT2D eigenvalue weighted by atomic mass is 10.1. The molecule has 0 heterocycles. The van der Waals surface area contributed by atoms with Crippen molar-refractivity contribution < 1.29 is 14.5 Å². The lowest BCUT2D eigenvalue weighted by Gasteiger charge is -2.11. The van der Waals surface area contributed by atoms with E-state index in [2.05, 4.69) is 0 Å². The molecule has 114 valence electrons. The van der Waals surface area contributed by atoms with Gasteiger partial charge < -0.3 is 4.74 Å². The Hall–Kier alpha value is -2.11. The van der Waals surface area contributed by atoms with Crippen LogP contribution in [0.3, 0.4) is 0 Å². The number of non-ortho nitro benzene ring substituents is 1. The highest BCUT2D eigenvalue weighted by Crippen LogP contribution is 2.35. The minimum atomic E-state index is -0.655. The van der Waals surface area contributed by atoms with Crippen LogP contribution >= 0.6 is 23.2 Å². The van der Waals surface area contributed by atoms with Crippen LogP contribution in [-0.4, -0.2) is 10.9 Å². The molecule has 0 radical (unpaired) electrons. The van der Waals surface area contributed by atoms with Crippen molar-refractivity contribution in [2.75, 3.05) is 0 Å². The Bertz CT molecular complexity index is 757. The van der Waals surface area contributed by atoms with Gasteiger partial charge in [0.05, 0.1) is 15.5 Å². The van der Waals surface area contributed by atoms with E-state index in [1.165, 1.54) is 24.3 Å². The van der Waals surface area contributed by atoms with Gasteiger partial charge >= 0.3 is 5.97 Å². The van der Waals surface area contributed by atoms with Gasteiger partial charge in [0.25, 0.3) is 5.69 Å². The molecule has 2 aromatic rings. The summed E-state index contributed by atoms with van der Waals surface area (Å²) in [6.45, 7) is 3.50. The van der Waals surface area contributed by atoms with Crippen LogP contribution in [0.15, 0.2) is 30.3 Å². The molecule has 2 rings (SSSR count). The molecule has 0 saturated heterocycles. The number of aryl methyl sites for hydroxylation is 1. The van der Waals surface area contributed by atoms with Crippen molar-refractivity contribution in [1.82, 2.24) is 0 Å². The summed E-state index contributed by atoms with van der Waals surface area (Å²) in [5.41, 5.74) is 1.43. The Balaban J connectivity index is 2.27. The predicted octanol–water partition coefficient (Wildman–Crippen LogP) is 4.74. The SMILES string of the molecule is Cc1cc(OC(=O)c2ccc([N+](=O)[O-])cc2)c(Cl)c(C)c1Cl. The summed E-state index contributed by atoms with van der Waals surface area (Å²) in [4.78, 5) is 22.1. The maximum Gasteiger partial charge on any atom is 0.343 e. The molecular weight excluding hydrogens is 329 g/mol. The molecule has 7 heteroatoms. The molecule has 22 heavy (non-hydrogen) atoms. The van der Waals surface area contributed by atoms with Crippen LogP contribution in [0.4, 0.5) is 5.69 Å². The molecule has 2 aromatic carbocycles. The van der Waals surface area contributed by atoms with Gasteiger partial charge in [0.1, 0.15) is 5.75 Å². The van der Waals surface area contributed by atoms with Crippen molar-refractivity contribution in [3.8, 4) is 5.75 Å². The van der Waals surface area contributed by atoms with Crippen molar-refractivity contribution in [3.05, 3.63) is 67.2 Å². The number of carbonyl (C=O) groups excluding carboxylic acids is 1. The third-order valence-electron chi connectivity index (χ3n) is 3.09. The van der Waals surface area contributed by atoms with Gasteiger partial charge in [0, 0.05) is 17.2 Å². The van der Waals surface area contributed by atoms with Crippen LogP contribution in [0.5, 0.6) is 5.75 Å². The Morgan fingerprint density at radius 2 is 1.73 bits per heavy atom. The van der Waals surface area contributed by atoms with Crippen molar-refractivity contribution in [1.29, 1.82) is 0 Å². The number of nitro groups is 1. The van der Waals surface area contributed by atoms with Crippen LogP contribution in [0.25, 0.3) is 0 Å². The highest BCUT2D eigenvalue weighted by atomic mass is 35.5. The van der Waals surface area contributed by atoms with Crippen LogP contribution in [0, 0.1) is 24.0 Å². The third kappa shape index (κ3) is 3.21. The molecule has 0 bridgehead atoms. The Kier molecular flexibility index (Phi) is 4.68. The predicted molar refractivity (Wildman–Crippen MR) is 84.0 cm³/mol. The second kappa shape index (κ2) is 6.34. The molecule has 0 fully saturated rings. The average Bonchev–Trinajstić information content (AvgIpc) is 2.50. The molecule has 0 amide bonds. The summed E-state index contributed by atoms with van der Waals surface area (Å²) in [6, 6.07) is 6.68. The first-order valence-electron chi connectivity index (χ1n) is 6.23. The molecule has 0 saturated carbocycles. The number of hydrogen-bond acceptors (Lipinski definition) is 4. The van der Waals surface area contributed by atoms with E-state index in [4.69, 9.17) is 27.9 Å². The third-order valence-corrected chi connectivity index (χ3v) is 4.14. The van der Waals surface area contributed by atoms with E-state index in [-0.39, 0.29) is 22.0 Å². The number of carbonyl (C=O) groups is 1. The van der Waals surface area contributed by atoms with Crippen LogP contribution in [-0.2, 0) is 0 Å². The number of halogens is 2. The van der Waals surface area contributed by atoms with Gasteiger partial charge in [-0.1, -0.05) is 23.2 Å². The van der Waals surface area contributed by atoms with Crippen LogP contribution < -0.4 is 4.74 Å². The number of ether oxygens (including phenoxy) is 1. The first-order chi connectivity index (χ1) is 10.3. The number of nitro benzene ring substituents is 1. The van der Waals surface area contributed by atoms with Gasteiger partial charge in [-0.05, 0) is 43.2 Å². The molecule has 0 N–H and O–H groups in total. The smallest absolute Gasteiger partial charge is 0.343 e. The first-order valence-corrected chi connectivity index (χ1v) is 6.98. The van der Waals surface area contributed by atoms with Gasteiger partial charge in [-0.25, -0.2) is 4.79 Å². The lowest BCUT2D eigenvalue weighted by molar-refractivity contribution is -0.384. The second-order valence-corrected chi connectivity index (χ2v) is 5.39. The normalized spacial score (nSPS) is 10.4. The number of esters is 1. The molecule has 0 unspecified atom stereocenters. The fourth-order valence-electron chi connectivity index (χ4n) is 1.85. The molecular formula is C15H11Cl2NO4. The van der Waals surface area contributed by atoms with Crippen molar-refractivity contribution >= 4 is 34.9 Å². The standard InChI is InChI=1S/C15H11Cl2NO4/c1-8-7-12(14(17)9(2)13(8)16)22-15(19)10-3-5-11(6-4-10)18(20)21/h3-7H,1-2H3. The van der Waals surface area contributed by atoms with E-state index >= 15 is 0 Å². The zero-order valence-electron chi connectivity index (χ0n) is 11.7. The molecule has 0 aliphatic carbocycles. The van der Waals surface area contributed by atoms with Crippen molar-refractivity contribution in [2.24, 2.45) is 0 Å². The Labute approximate surface area is 136 Å². The molecule has 0 aromatic heterocycles. The van der Waals surface area contributed by atoms with E-state index in [1.807, 2.05) is 0 Å². The van der Waals surface area contributed by atoms with Gasteiger partial charge in [-0.2, -0.15) is 0 Å². The number of rotatable bonds is 3. The van der Waals surface area contributed by atoms with Gasteiger partial charge in [0.2, 0.25) is 0 Å². The summed E-state index contributed by atoms with van der Waals surface area (Å²) >= 11 is 12.2. The minimum Gasteiger partial charge on any atom is -0.421 e. The van der Waals surface area contributed by atoms with Crippen molar-refractivity contribution in [2.45, 2.75) is 13.8 Å². The lowest BCUT2D eigenvalue weighted by Crippen LogP contribution is -2.09. The fourth-order valence-corrected chi connectivity index (χ4v) is 2.24. The first kappa shape index (κ1) is 16.3. The van der Waals surface area contributed by atoms with E-state index < -0.39 is 10.9 Å². The van der Waals surface area contributed by atoms with E-state index in [0.29, 0.717) is 10.6 Å². The fraction of sp³-hybridized carbons (Fsp3) is 0.133. The molecule has 0 aliphatic rings. The average molecular weight is 340 g/mol. The van der Waals surface area contributed by atoms with Gasteiger partial charge in [0.15, 0.2) is 0 Å². The van der Waals surface area contributed by atoms with Crippen LogP contribution in [0.2, 0.25) is 10.0 Å². The highest BCUT2D eigenvalue weighted by Gasteiger charge is 2.16. The van der Waals surface area contributed by atoms with Gasteiger partial charge in [-0.15, -0.1) is 0 Å².